The first-order valence-electron chi connectivity index (χ1n) is 13.5. The second-order valence-electron chi connectivity index (χ2n) is 11.1. The molecule has 1 atom stereocenters. The van der Waals surface area contributed by atoms with Gasteiger partial charge in [0.25, 0.3) is 5.54 Å². The number of aryl methyl sites for hydroxylation is 1. The highest BCUT2D eigenvalue weighted by atomic mass is 32.1. The Morgan fingerprint density at radius 3 is 2.27 bits per heavy atom. The number of benzene rings is 4. The largest absolute Gasteiger partial charge is 0.301 e. The SMILES string of the molecule is C=[N+](OC)C12CC(C)(C(=O)Nc3nc(-c4ccc(C)c5ccccc45)cs3)C(c3ccccc31)c1ccccc12. The second kappa shape index (κ2) is 8.86. The van der Waals surface area contributed by atoms with E-state index in [9.17, 15) is 4.79 Å². The number of rotatable bonds is 5. The zero-order valence-corrected chi connectivity index (χ0v) is 23.6. The van der Waals surface area contributed by atoms with Gasteiger partial charge in [0.15, 0.2) is 11.8 Å². The number of nitrogens with zero attached hydrogens (tertiary/aromatic N) is 2. The number of carbonyl (C=O) groups is 1. The summed E-state index contributed by atoms with van der Waals surface area (Å²) in [7, 11) is 1.64. The minimum Gasteiger partial charge on any atom is -0.301 e. The minimum absolute atomic E-state index is 0.0509. The Bertz CT molecular complexity index is 1790. The monoisotopic (exact) mass is 544 g/mol. The lowest BCUT2D eigenvalue weighted by atomic mass is 9.49. The highest BCUT2D eigenvalue weighted by molar-refractivity contribution is 7.14. The first kappa shape index (κ1) is 24.7. The number of fused-ring (bicyclic) bond motifs is 2. The maximum Gasteiger partial charge on any atom is 0.262 e. The Kier molecular flexibility index (Phi) is 5.48. The van der Waals surface area contributed by atoms with E-state index in [2.05, 4.69) is 98.7 Å². The standard InChI is InChI=1S/C34H29N3O2S/c1-21-17-18-24(23-12-6-5-11-22(21)23)29-19-40-32(35-29)36-31(38)33(2)20-34(37(3)39-4)27-15-9-7-13-25(27)30(33)26-14-8-10-16-28(26)34/h5-19,30H,3,20H2,1-2,4H3/p+1. The van der Waals surface area contributed by atoms with Crippen LogP contribution in [0.5, 0.6) is 0 Å². The van der Waals surface area contributed by atoms with E-state index in [-0.39, 0.29) is 11.8 Å². The van der Waals surface area contributed by atoms with E-state index in [1.54, 1.807) is 11.8 Å². The lowest BCUT2D eigenvalue weighted by Gasteiger charge is -2.52. The summed E-state index contributed by atoms with van der Waals surface area (Å²) in [6.45, 7) is 8.48. The van der Waals surface area contributed by atoms with Crippen molar-refractivity contribution in [3.8, 4) is 11.3 Å². The Labute approximate surface area is 237 Å². The molecule has 1 heterocycles. The van der Waals surface area contributed by atoms with Crippen LogP contribution in [-0.4, -0.2) is 29.5 Å². The van der Waals surface area contributed by atoms with Gasteiger partial charge >= 0.3 is 0 Å². The minimum atomic E-state index is -0.764. The number of thiazole rings is 1. The molecule has 4 aromatic carbocycles. The highest BCUT2D eigenvalue weighted by Gasteiger charge is 2.66. The molecule has 40 heavy (non-hydrogen) atoms. The van der Waals surface area contributed by atoms with Crippen LogP contribution in [0.2, 0.25) is 0 Å². The number of hydrogen-bond acceptors (Lipinski definition) is 4. The Hall–Kier alpha value is -4.29. The summed E-state index contributed by atoms with van der Waals surface area (Å²) in [6, 6.07) is 29.4. The van der Waals surface area contributed by atoms with Crippen LogP contribution in [0.1, 0.15) is 47.1 Å². The predicted molar refractivity (Wildman–Crippen MR) is 161 cm³/mol. The maximum atomic E-state index is 14.3. The van der Waals surface area contributed by atoms with E-state index >= 15 is 0 Å². The zero-order valence-electron chi connectivity index (χ0n) is 22.8. The quantitative estimate of drug-likeness (QED) is 0.144. The molecule has 6 heteroatoms. The molecule has 0 fully saturated rings. The Morgan fingerprint density at radius 1 is 0.975 bits per heavy atom. The normalized spacial score (nSPS) is 22.4. The average Bonchev–Trinajstić information content (AvgIpc) is 3.45. The molecule has 1 amide bonds. The first-order valence-corrected chi connectivity index (χ1v) is 14.4. The number of amides is 1. The van der Waals surface area contributed by atoms with Gasteiger partial charge in [0.1, 0.15) is 7.11 Å². The van der Waals surface area contributed by atoms with Gasteiger partial charge in [-0.05, 0) is 46.0 Å². The summed E-state index contributed by atoms with van der Waals surface area (Å²) in [6.07, 6.45) is 0.530. The summed E-state index contributed by atoms with van der Waals surface area (Å²) < 4.78 is 1.68. The van der Waals surface area contributed by atoms with E-state index in [1.807, 2.05) is 17.5 Å². The summed E-state index contributed by atoms with van der Waals surface area (Å²) in [5, 5.41) is 8.20. The number of hydroxylamine groups is 1. The number of hydrogen-bond donors (Lipinski definition) is 1. The fourth-order valence-electron chi connectivity index (χ4n) is 7.17. The van der Waals surface area contributed by atoms with Crippen LogP contribution in [0, 0.1) is 12.3 Å². The van der Waals surface area contributed by atoms with Gasteiger partial charge in [-0.25, -0.2) is 4.98 Å². The van der Waals surface area contributed by atoms with E-state index < -0.39 is 11.0 Å². The van der Waals surface area contributed by atoms with E-state index in [0.29, 0.717) is 11.6 Å². The van der Waals surface area contributed by atoms with Crippen LogP contribution >= 0.6 is 11.3 Å². The molecule has 5 nitrogen and oxygen atoms in total. The van der Waals surface area contributed by atoms with E-state index in [1.165, 1.54) is 22.3 Å². The maximum absolute atomic E-state index is 14.3. The van der Waals surface area contributed by atoms with Crippen LogP contribution in [0.15, 0.2) is 90.3 Å². The molecular weight excluding hydrogens is 514 g/mol. The summed E-state index contributed by atoms with van der Waals surface area (Å²) in [5.74, 6) is -0.155. The topological polar surface area (TPSA) is 54.2 Å². The molecule has 5 aromatic rings. The molecule has 3 aliphatic carbocycles. The molecule has 0 saturated carbocycles. The zero-order chi connectivity index (χ0) is 27.6. The van der Waals surface area contributed by atoms with Crippen molar-refractivity contribution < 1.29 is 14.4 Å². The first-order chi connectivity index (χ1) is 19.4. The van der Waals surface area contributed by atoms with E-state index in [0.717, 1.165) is 38.9 Å². The molecular formula is C34H30N3O2S+. The van der Waals surface area contributed by atoms with Crippen LogP contribution in [0.3, 0.4) is 0 Å². The van der Waals surface area contributed by atoms with Gasteiger partial charge in [0.2, 0.25) is 5.91 Å². The fourth-order valence-corrected chi connectivity index (χ4v) is 7.87. The van der Waals surface area contributed by atoms with Crippen LogP contribution < -0.4 is 5.32 Å². The van der Waals surface area contributed by atoms with Crippen molar-refractivity contribution in [3.63, 3.8) is 0 Å². The summed E-state index contributed by atoms with van der Waals surface area (Å²) >= 11 is 1.46. The van der Waals surface area contributed by atoms with Gasteiger partial charge in [0, 0.05) is 34.4 Å². The molecule has 0 aliphatic heterocycles. The smallest absolute Gasteiger partial charge is 0.262 e. The molecule has 0 radical (unpaired) electrons. The lowest BCUT2D eigenvalue weighted by Crippen LogP contribution is -2.58. The average molecular weight is 545 g/mol. The van der Waals surface area contributed by atoms with E-state index in [4.69, 9.17) is 9.82 Å². The van der Waals surface area contributed by atoms with Crippen molar-refractivity contribution in [3.05, 3.63) is 118 Å². The van der Waals surface area contributed by atoms with Gasteiger partial charge in [-0.1, -0.05) is 84.9 Å². The molecule has 1 unspecified atom stereocenters. The predicted octanol–water partition coefficient (Wildman–Crippen LogP) is 7.28. The third-order valence-corrected chi connectivity index (χ3v) is 9.76. The fraction of sp³-hybridized carbons (Fsp3) is 0.206. The molecule has 2 bridgehead atoms. The molecule has 3 aliphatic rings. The van der Waals surface area contributed by atoms with Gasteiger partial charge in [0.05, 0.1) is 11.1 Å². The van der Waals surface area contributed by atoms with Crippen molar-refractivity contribution in [2.24, 2.45) is 5.41 Å². The van der Waals surface area contributed by atoms with Gasteiger partial charge < -0.3 is 5.32 Å². The Morgan fingerprint density at radius 2 is 1.60 bits per heavy atom. The van der Waals surface area contributed by atoms with Gasteiger partial charge in [-0.15, -0.1) is 11.3 Å². The van der Waals surface area contributed by atoms with Crippen LogP contribution in [0.4, 0.5) is 5.13 Å². The van der Waals surface area contributed by atoms with Crippen LogP contribution in [-0.2, 0) is 15.2 Å². The molecule has 198 valence electrons. The van der Waals surface area contributed by atoms with Crippen molar-refractivity contribution in [2.45, 2.75) is 31.7 Å². The number of aromatic nitrogens is 1. The highest BCUT2D eigenvalue weighted by Crippen LogP contribution is 2.64. The van der Waals surface area contributed by atoms with Gasteiger partial charge in [-0.3, -0.25) is 9.63 Å². The van der Waals surface area contributed by atoms with Crippen molar-refractivity contribution in [1.29, 1.82) is 0 Å². The summed E-state index contributed by atoms with van der Waals surface area (Å²) in [5.41, 5.74) is 6.26. The van der Waals surface area contributed by atoms with Crippen molar-refractivity contribution in [2.75, 3.05) is 12.4 Å². The molecule has 1 aromatic heterocycles. The van der Waals surface area contributed by atoms with Crippen LogP contribution in [0.25, 0.3) is 22.0 Å². The third-order valence-electron chi connectivity index (χ3n) is 9.00. The summed E-state index contributed by atoms with van der Waals surface area (Å²) in [4.78, 5) is 25.0. The lowest BCUT2D eigenvalue weighted by molar-refractivity contribution is -0.828. The third kappa shape index (κ3) is 3.29. The van der Waals surface area contributed by atoms with Crippen molar-refractivity contribution >= 4 is 39.9 Å². The number of anilines is 1. The second-order valence-corrected chi connectivity index (χ2v) is 11.9. The number of carbonyl (C=O) groups excluding carboxylic acids is 1. The number of nitrogens with one attached hydrogen (secondary N) is 1. The van der Waals surface area contributed by atoms with Crippen molar-refractivity contribution in [1.82, 2.24) is 4.98 Å². The Balaban J connectivity index is 1.30. The molecule has 0 saturated heterocycles. The molecule has 0 spiro atoms. The molecule has 1 N–H and O–H groups in total. The van der Waals surface area contributed by atoms with Gasteiger partial charge in [-0.2, -0.15) is 0 Å². The molecule has 8 rings (SSSR count).